The third-order valence-electron chi connectivity index (χ3n) is 9.27. The largest absolute Gasteiger partial charge is 0.356 e. The third kappa shape index (κ3) is 2.85. The molecule has 4 heteroatoms. The summed E-state index contributed by atoms with van der Waals surface area (Å²) in [7, 11) is 1.98. The maximum Gasteiger partial charge on any atom is 0.246 e. The highest BCUT2D eigenvalue weighted by atomic mass is 16.2. The minimum atomic E-state index is 0.0916. The van der Waals surface area contributed by atoms with Crippen LogP contribution in [-0.4, -0.2) is 36.3 Å². The molecule has 0 bridgehead atoms. The van der Waals surface area contributed by atoms with Crippen LogP contribution in [0.2, 0.25) is 0 Å². The Hall–Kier alpha value is -1.32. The van der Waals surface area contributed by atoms with E-state index in [2.05, 4.69) is 32.2 Å². The van der Waals surface area contributed by atoms with Crippen LogP contribution < -0.4 is 5.32 Å². The smallest absolute Gasteiger partial charge is 0.246 e. The molecule has 1 heterocycles. The predicted molar refractivity (Wildman–Crippen MR) is 111 cm³/mol. The van der Waals surface area contributed by atoms with Crippen LogP contribution in [0.3, 0.4) is 0 Å². The van der Waals surface area contributed by atoms with Crippen LogP contribution in [0.25, 0.3) is 0 Å². The van der Waals surface area contributed by atoms with E-state index in [9.17, 15) is 9.59 Å². The summed E-state index contributed by atoms with van der Waals surface area (Å²) in [6, 6.07) is 0.338. The van der Waals surface area contributed by atoms with E-state index in [1.165, 1.54) is 19.3 Å². The van der Waals surface area contributed by atoms with E-state index in [4.69, 9.17) is 0 Å². The quantitative estimate of drug-likeness (QED) is 0.738. The Balaban J connectivity index is 1.54. The Labute approximate surface area is 170 Å². The summed E-state index contributed by atoms with van der Waals surface area (Å²) in [5.74, 6) is 2.64. The Bertz CT molecular complexity index is 674. The van der Waals surface area contributed by atoms with Gasteiger partial charge in [0.2, 0.25) is 11.8 Å². The summed E-state index contributed by atoms with van der Waals surface area (Å²) >= 11 is 0. The van der Waals surface area contributed by atoms with Crippen LogP contribution in [-0.2, 0) is 9.59 Å². The molecule has 0 radical (unpaired) electrons. The number of nitrogens with one attached hydrogen (secondary N) is 1. The monoisotopic (exact) mass is 386 g/mol. The lowest BCUT2D eigenvalue weighted by molar-refractivity contribution is -0.142. The van der Waals surface area contributed by atoms with Gasteiger partial charge in [0, 0.05) is 31.0 Å². The SMILES string of the molecule is CCCCNC(=O)[C@H]1CC[C@H]2[C@@H]3CC[C@H]4N(C)C(=O)C=C[C@]4(C)[C@H]3CC[C@]12C. The molecule has 4 rings (SSSR count). The molecule has 0 saturated heterocycles. The van der Waals surface area contributed by atoms with E-state index in [1.54, 1.807) is 0 Å². The molecule has 2 amide bonds. The average molecular weight is 387 g/mol. The van der Waals surface area contributed by atoms with E-state index in [0.717, 1.165) is 38.6 Å². The zero-order valence-electron chi connectivity index (χ0n) is 18.2. The normalized spacial score (nSPS) is 44.6. The van der Waals surface area contributed by atoms with E-state index < -0.39 is 0 Å². The van der Waals surface area contributed by atoms with Gasteiger partial charge in [0.05, 0.1) is 0 Å². The number of fused-ring (bicyclic) bond motifs is 5. The highest BCUT2D eigenvalue weighted by Crippen LogP contribution is 2.65. The number of rotatable bonds is 4. The molecule has 0 aromatic rings. The minimum Gasteiger partial charge on any atom is -0.356 e. The third-order valence-corrected chi connectivity index (χ3v) is 9.27. The molecule has 1 aliphatic heterocycles. The van der Waals surface area contributed by atoms with Gasteiger partial charge in [-0.3, -0.25) is 9.59 Å². The molecule has 3 fully saturated rings. The van der Waals surface area contributed by atoms with Crippen LogP contribution in [0.4, 0.5) is 0 Å². The van der Waals surface area contributed by atoms with Gasteiger partial charge in [-0.15, -0.1) is 0 Å². The predicted octanol–water partition coefficient (Wildman–Crippen LogP) is 4.16. The summed E-state index contributed by atoms with van der Waals surface area (Å²) in [4.78, 5) is 27.1. The van der Waals surface area contributed by atoms with Crippen molar-refractivity contribution < 1.29 is 9.59 Å². The highest BCUT2D eigenvalue weighted by Gasteiger charge is 2.61. The van der Waals surface area contributed by atoms with Gasteiger partial charge in [0.1, 0.15) is 0 Å². The van der Waals surface area contributed by atoms with E-state index in [-0.39, 0.29) is 22.7 Å². The van der Waals surface area contributed by atoms with Crippen LogP contribution in [0.5, 0.6) is 0 Å². The Morgan fingerprint density at radius 3 is 2.71 bits per heavy atom. The summed E-state index contributed by atoms with van der Waals surface area (Å²) in [5, 5.41) is 3.22. The molecule has 0 unspecified atom stereocenters. The molecule has 0 aromatic carbocycles. The summed E-state index contributed by atoms with van der Waals surface area (Å²) in [6.07, 6.45) is 13.1. The summed E-state index contributed by atoms with van der Waals surface area (Å²) in [6.45, 7) is 7.79. The number of unbranched alkanes of at least 4 members (excludes halogenated alkanes) is 1. The lowest BCUT2D eigenvalue weighted by atomic mass is 9.47. The Morgan fingerprint density at radius 2 is 1.96 bits per heavy atom. The van der Waals surface area contributed by atoms with Crippen LogP contribution in [0.15, 0.2) is 12.2 Å². The first-order valence-electron chi connectivity index (χ1n) is 11.6. The van der Waals surface area contributed by atoms with Gasteiger partial charge in [-0.2, -0.15) is 0 Å². The second kappa shape index (κ2) is 7.18. The molecule has 0 spiro atoms. The maximum atomic E-state index is 12.9. The first kappa shape index (κ1) is 20.0. The van der Waals surface area contributed by atoms with E-state index in [0.29, 0.717) is 29.7 Å². The van der Waals surface area contributed by atoms with Crippen molar-refractivity contribution in [3.05, 3.63) is 12.2 Å². The van der Waals surface area contributed by atoms with Crippen molar-refractivity contribution in [1.82, 2.24) is 10.2 Å². The zero-order chi connectivity index (χ0) is 20.1. The first-order chi connectivity index (χ1) is 13.3. The lowest BCUT2D eigenvalue weighted by Crippen LogP contribution is -2.59. The van der Waals surface area contributed by atoms with Gasteiger partial charge >= 0.3 is 0 Å². The van der Waals surface area contributed by atoms with Gasteiger partial charge in [0.25, 0.3) is 0 Å². The summed E-state index contributed by atoms with van der Waals surface area (Å²) < 4.78 is 0. The van der Waals surface area contributed by atoms with Crippen molar-refractivity contribution in [3.8, 4) is 0 Å². The molecule has 1 N–H and O–H groups in total. The van der Waals surface area contributed by atoms with Gasteiger partial charge in [-0.25, -0.2) is 0 Å². The first-order valence-corrected chi connectivity index (χ1v) is 11.6. The van der Waals surface area contributed by atoms with Crippen LogP contribution in [0, 0.1) is 34.5 Å². The minimum absolute atomic E-state index is 0.0916. The van der Waals surface area contributed by atoms with Gasteiger partial charge < -0.3 is 10.2 Å². The molecular weight excluding hydrogens is 348 g/mol. The van der Waals surface area contributed by atoms with E-state index >= 15 is 0 Å². The van der Waals surface area contributed by atoms with Crippen LogP contribution in [0.1, 0.15) is 72.1 Å². The molecular formula is C24H38N2O2. The van der Waals surface area contributed by atoms with E-state index in [1.807, 2.05) is 18.0 Å². The fraction of sp³-hybridized carbons (Fsp3) is 0.833. The van der Waals surface area contributed by atoms with Crippen molar-refractivity contribution in [2.75, 3.05) is 13.6 Å². The fourth-order valence-electron chi connectivity index (χ4n) is 7.68. The topological polar surface area (TPSA) is 49.4 Å². The number of amides is 2. The van der Waals surface area contributed by atoms with Crippen molar-refractivity contribution in [2.24, 2.45) is 34.5 Å². The van der Waals surface area contributed by atoms with Crippen molar-refractivity contribution in [3.63, 3.8) is 0 Å². The van der Waals surface area contributed by atoms with Gasteiger partial charge in [-0.05, 0) is 74.2 Å². The number of likely N-dealkylation sites (N-methyl/N-ethyl adjacent to an activating group) is 1. The number of carbonyl (C=O) groups excluding carboxylic acids is 2. The fourth-order valence-corrected chi connectivity index (χ4v) is 7.68. The molecule has 7 atom stereocenters. The van der Waals surface area contributed by atoms with Crippen molar-refractivity contribution in [2.45, 2.75) is 78.2 Å². The number of hydrogen-bond acceptors (Lipinski definition) is 2. The van der Waals surface area contributed by atoms with Gasteiger partial charge in [-0.1, -0.05) is 33.3 Å². The standard InChI is InChI=1S/C24H38N2O2/c1-5-6-15-25-22(28)19-9-8-17-16-7-10-20-24(3,14-12-21(27)26(20)4)18(16)11-13-23(17,19)2/h12,14,16-20H,5-11,13,15H2,1-4H3,(H,25,28)/t16-,17-,18-,19+,20+,23-,24+/m0/s1. The highest BCUT2D eigenvalue weighted by molar-refractivity contribution is 5.89. The second-order valence-corrected chi connectivity index (χ2v) is 10.4. The van der Waals surface area contributed by atoms with Crippen molar-refractivity contribution >= 4 is 11.8 Å². The summed E-state index contributed by atoms with van der Waals surface area (Å²) in [5.41, 5.74) is 0.245. The molecule has 3 aliphatic carbocycles. The zero-order valence-corrected chi connectivity index (χ0v) is 18.2. The number of carbonyl (C=O) groups is 2. The Kier molecular flexibility index (Phi) is 5.12. The molecule has 4 aliphatic rings. The Morgan fingerprint density at radius 1 is 1.18 bits per heavy atom. The molecule has 4 nitrogen and oxygen atoms in total. The number of hydrogen-bond donors (Lipinski definition) is 1. The van der Waals surface area contributed by atoms with Crippen molar-refractivity contribution in [1.29, 1.82) is 0 Å². The average Bonchev–Trinajstić information content (AvgIpc) is 3.02. The molecule has 156 valence electrons. The number of nitrogens with zero attached hydrogens (tertiary/aromatic N) is 1. The maximum absolute atomic E-state index is 12.9. The molecule has 0 aromatic heterocycles. The lowest BCUT2D eigenvalue weighted by Gasteiger charge is -2.60. The van der Waals surface area contributed by atoms with Crippen LogP contribution >= 0.6 is 0 Å². The second-order valence-electron chi connectivity index (χ2n) is 10.4. The molecule has 3 saturated carbocycles. The van der Waals surface area contributed by atoms with Gasteiger partial charge in [0.15, 0.2) is 0 Å². The molecule has 28 heavy (non-hydrogen) atoms.